The van der Waals surface area contributed by atoms with E-state index in [1.54, 1.807) is 29.2 Å². The summed E-state index contributed by atoms with van der Waals surface area (Å²) in [6, 6.07) is 24.0. The third-order valence-corrected chi connectivity index (χ3v) is 6.90. The lowest BCUT2D eigenvalue weighted by molar-refractivity contribution is -0.131. The molecule has 0 aliphatic carbocycles. The minimum atomic E-state index is -0.467. The number of amides is 1. The van der Waals surface area contributed by atoms with E-state index in [9.17, 15) is 14.4 Å². The van der Waals surface area contributed by atoms with Gasteiger partial charge < -0.3 is 9.64 Å². The number of para-hydroxylation sites is 2. The molecule has 8 nitrogen and oxygen atoms in total. The van der Waals surface area contributed by atoms with E-state index in [1.807, 2.05) is 54.6 Å². The summed E-state index contributed by atoms with van der Waals surface area (Å²) in [6.07, 6.45) is 0. The van der Waals surface area contributed by atoms with Gasteiger partial charge in [-0.2, -0.15) is 9.50 Å². The first kappa shape index (κ1) is 21.9. The van der Waals surface area contributed by atoms with Gasteiger partial charge >= 0.3 is 5.97 Å². The molecule has 9 heteroatoms. The lowest BCUT2D eigenvalue weighted by Gasteiger charge is -2.17. The van der Waals surface area contributed by atoms with Crippen LogP contribution in [-0.4, -0.2) is 26.5 Å². The van der Waals surface area contributed by atoms with Gasteiger partial charge in [0.25, 0.3) is 11.5 Å². The molecule has 1 aliphatic heterocycles. The summed E-state index contributed by atoms with van der Waals surface area (Å²) in [5.74, 6) is -0.135. The Balaban J connectivity index is 1.48. The average molecular weight is 495 g/mol. The van der Waals surface area contributed by atoms with Crippen molar-refractivity contribution >= 4 is 39.4 Å². The predicted octanol–water partition coefficient (Wildman–Crippen LogP) is 3.21. The number of nitrogens with zero attached hydrogens (tertiary/aromatic N) is 4. The molecule has 2 aromatic heterocycles. The molecule has 3 heterocycles. The van der Waals surface area contributed by atoms with Crippen molar-refractivity contribution in [3.05, 3.63) is 105 Å². The normalized spacial score (nSPS) is 14.4. The molecule has 0 N–H and O–H groups in total. The summed E-state index contributed by atoms with van der Waals surface area (Å²) in [5.41, 5.74) is 2.89. The van der Waals surface area contributed by atoms with Gasteiger partial charge in [0.2, 0.25) is 4.96 Å². The van der Waals surface area contributed by atoms with Crippen LogP contribution in [0.15, 0.2) is 83.7 Å². The fourth-order valence-corrected chi connectivity index (χ4v) is 5.31. The monoisotopic (exact) mass is 494 g/mol. The molecule has 1 amide bonds. The molecule has 1 aliphatic rings. The van der Waals surface area contributed by atoms with Crippen LogP contribution in [0, 0.1) is 0 Å². The van der Waals surface area contributed by atoms with Crippen LogP contribution < -0.4 is 19.7 Å². The van der Waals surface area contributed by atoms with E-state index in [4.69, 9.17) is 4.74 Å². The Morgan fingerprint density at radius 1 is 0.917 bits per heavy atom. The number of thiazole rings is 1. The maximum absolute atomic E-state index is 13.6. The van der Waals surface area contributed by atoms with Gasteiger partial charge in [0, 0.05) is 12.5 Å². The Labute approximate surface area is 208 Å². The summed E-state index contributed by atoms with van der Waals surface area (Å²) >= 11 is 1.12. The highest BCUT2D eigenvalue weighted by Gasteiger charge is 2.34. The quantitative estimate of drug-likeness (QED) is 0.281. The third kappa shape index (κ3) is 3.57. The SMILES string of the molecule is CC(=O)Oc1ccccc1-c1nc2sc(=C3C(=O)N(Cc4ccccc4)c4ccccc43)c(=O)n2n1. The number of esters is 1. The highest BCUT2D eigenvalue weighted by molar-refractivity contribution is 7.15. The van der Waals surface area contributed by atoms with Crippen LogP contribution in [0.25, 0.3) is 21.9 Å². The van der Waals surface area contributed by atoms with E-state index in [0.717, 1.165) is 22.6 Å². The van der Waals surface area contributed by atoms with Gasteiger partial charge in [0.1, 0.15) is 10.3 Å². The molecule has 0 saturated heterocycles. The van der Waals surface area contributed by atoms with Gasteiger partial charge in [0.15, 0.2) is 5.82 Å². The van der Waals surface area contributed by atoms with Gasteiger partial charge in [0.05, 0.1) is 23.4 Å². The minimum Gasteiger partial charge on any atom is -0.426 e. The van der Waals surface area contributed by atoms with Crippen molar-refractivity contribution in [1.29, 1.82) is 0 Å². The van der Waals surface area contributed by atoms with Gasteiger partial charge in [-0.3, -0.25) is 14.4 Å². The molecular formula is C27H18N4O4S. The van der Waals surface area contributed by atoms with Crippen molar-refractivity contribution in [2.24, 2.45) is 0 Å². The Hall–Kier alpha value is -4.63. The van der Waals surface area contributed by atoms with E-state index in [-0.39, 0.29) is 16.3 Å². The molecule has 0 atom stereocenters. The number of rotatable bonds is 4. The molecule has 3 aromatic carbocycles. The number of hydrogen-bond donors (Lipinski definition) is 0. The van der Waals surface area contributed by atoms with Crippen LogP contribution in [0.3, 0.4) is 0 Å². The number of anilines is 1. The first-order chi connectivity index (χ1) is 17.5. The Morgan fingerprint density at radius 2 is 1.61 bits per heavy atom. The highest BCUT2D eigenvalue weighted by atomic mass is 32.1. The summed E-state index contributed by atoms with van der Waals surface area (Å²) < 4.78 is 6.75. The van der Waals surface area contributed by atoms with E-state index >= 15 is 0 Å². The van der Waals surface area contributed by atoms with Crippen LogP contribution >= 0.6 is 11.3 Å². The average Bonchev–Trinajstić information content (AvgIpc) is 3.51. The second kappa shape index (κ2) is 8.54. The van der Waals surface area contributed by atoms with Crippen LogP contribution in [0.1, 0.15) is 18.1 Å². The number of ether oxygens (including phenoxy) is 1. The van der Waals surface area contributed by atoms with Crippen LogP contribution in [-0.2, 0) is 16.1 Å². The largest absolute Gasteiger partial charge is 0.426 e. The van der Waals surface area contributed by atoms with Gasteiger partial charge in [-0.05, 0) is 23.8 Å². The second-order valence-electron chi connectivity index (χ2n) is 8.22. The molecule has 0 spiro atoms. The van der Waals surface area contributed by atoms with E-state index in [2.05, 4.69) is 10.1 Å². The summed E-state index contributed by atoms with van der Waals surface area (Å²) in [7, 11) is 0. The van der Waals surface area contributed by atoms with E-state index < -0.39 is 11.5 Å². The van der Waals surface area contributed by atoms with Gasteiger partial charge in [-0.25, -0.2) is 0 Å². The molecule has 176 valence electrons. The van der Waals surface area contributed by atoms with Crippen molar-refractivity contribution in [3.63, 3.8) is 0 Å². The summed E-state index contributed by atoms with van der Waals surface area (Å²) in [6.45, 7) is 1.71. The molecule has 0 bridgehead atoms. The molecule has 6 rings (SSSR count). The standard InChI is InChI=1S/C27H18N4O4S/c1-16(32)35-21-14-8-6-12-19(21)24-28-27-31(29-24)26(34)23(36-27)22-18-11-5-7-13-20(18)30(25(22)33)15-17-9-3-2-4-10-17/h2-14H,15H2,1H3. The van der Waals surface area contributed by atoms with Crippen molar-refractivity contribution < 1.29 is 14.3 Å². The summed E-state index contributed by atoms with van der Waals surface area (Å²) in [4.78, 5) is 45.1. The number of carbonyl (C=O) groups excluding carboxylic acids is 2. The van der Waals surface area contributed by atoms with Crippen molar-refractivity contribution in [2.75, 3.05) is 4.90 Å². The first-order valence-corrected chi connectivity index (χ1v) is 12.0. The molecule has 5 aromatic rings. The number of fused-ring (bicyclic) bond motifs is 2. The molecular weight excluding hydrogens is 476 g/mol. The Bertz CT molecular complexity index is 1770. The summed E-state index contributed by atoms with van der Waals surface area (Å²) in [5, 5.41) is 4.38. The smallest absolute Gasteiger partial charge is 0.308 e. The van der Waals surface area contributed by atoms with Crippen molar-refractivity contribution in [2.45, 2.75) is 13.5 Å². The van der Waals surface area contributed by atoms with Crippen molar-refractivity contribution in [3.8, 4) is 17.1 Å². The topological polar surface area (TPSA) is 93.9 Å². The number of benzene rings is 3. The maximum Gasteiger partial charge on any atom is 0.308 e. The molecule has 36 heavy (non-hydrogen) atoms. The van der Waals surface area contributed by atoms with E-state index in [1.165, 1.54) is 11.4 Å². The zero-order valence-corrected chi connectivity index (χ0v) is 19.9. The lowest BCUT2D eigenvalue weighted by atomic mass is 10.1. The Morgan fingerprint density at radius 3 is 2.36 bits per heavy atom. The number of carbonyl (C=O) groups is 2. The van der Waals surface area contributed by atoms with Crippen molar-refractivity contribution in [1.82, 2.24) is 14.6 Å². The van der Waals surface area contributed by atoms with Crippen LogP contribution in [0.4, 0.5) is 5.69 Å². The van der Waals surface area contributed by atoms with E-state index in [0.29, 0.717) is 34.0 Å². The molecule has 0 radical (unpaired) electrons. The van der Waals surface area contributed by atoms with Gasteiger partial charge in [-0.1, -0.05) is 72.0 Å². The van der Waals surface area contributed by atoms with Gasteiger partial charge in [-0.15, -0.1) is 5.10 Å². The Kier molecular flexibility index (Phi) is 5.19. The lowest BCUT2D eigenvalue weighted by Crippen LogP contribution is -2.32. The minimum absolute atomic E-state index is 0.234. The highest BCUT2D eigenvalue weighted by Crippen LogP contribution is 2.36. The zero-order valence-electron chi connectivity index (χ0n) is 19.0. The zero-order chi connectivity index (χ0) is 24.8. The van der Waals surface area contributed by atoms with Crippen LogP contribution in [0.2, 0.25) is 0 Å². The number of aromatic nitrogens is 3. The molecule has 0 fully saturated rings. The fraction of sp³-hybridized carbons (Fsp3) is 0.0741. The van der Waals surface area contributed by atoms with Crippen LogP contribution in [0.5, 0.6) is 5.75 Å². The first-order valence-electron chi connectivity index (χ1n) is 11.2. The predicted molar refractivity (Wildman–Crippen MR) is 136 cm³/mol. The third-order valence-electron chi connectivity index (χ3n) is 5.87. The molecule has 0 unspecified atom stereocenters. The fourth-order valence-electron chi connectivity index (χ4n) is 4.32. The second-order valence-corrected chi connectivity index (χ2v) is 9.20. The molecule has 0 saturated carbocycles. The maximum atomic E-state index is 13.6. The number of hydrogen-bond acceptors (Lipinski definition) is 7.